The Morgan fingerprint density at radius 3 is 2.33 bits per heavy atom. The number of nitrogens with zero attached hydrogens (tertiary/aromatic N) is 1. The molecule has 0 spiro atoms. The monoisotopic (exact) mass is 321 g/mol. The Morgan fingerprint density at radius 1 is 1.08 bits per heavy atom. The molecule has 0 unspecified atom stereocenters. The summed E-state index contributed by atoms with van der Waals surface area (Å²) in [5, 5.41) is 9.14. The molecule has 2 aromatic rings. The van der Waals surface area contributed by atoms with E-state index in [1.807, 2.05) is 36.4 Å². The fourth-order valence-electron chi connectivity index (χ4n) is 1.94. The molecule has 0 saturated heterocycles. The molecule has 0 fully saturated rings. The summed E-state index contributed by atoms with van der Waals surface area (Å²) in [5.74, 6) is -1.15. The Hall–Kier alpha value is -3.39. The van der Waals surface area contributed by atoms with Gasteiger partial charge in [0.15, 0.2) is 0 Å². The van der Waals surface area contributed by atoms with Crippen molar-refractivity contribution in [3.63, 3.8) is 0 Å². The number of carbonyl (C=O) groups is 2. The third-order valence-electron chi connectivity index (χ3n) is 3.20. The highest BCUT2D eigenvalue weighted by atomic mass is 16.5. The molecule has 0 aromatic heterocycles. The van der Waals surface area contributed by atoms with Crippen LogP contribution in [0, 0.1) is 11.3 Å². The fraction of sp³-hybridized carbons (Fsp3) is 0.105. The number of hydrogen-bond donors (Lipinski definition) is 0. The maximum atomic E-state index is 12.0. The smallest absolute Gasteiger partial charge is 0.349 e. The topological polar surface area (TPSA) is 76.4 Å². The van der Waals surface area contributed by atoms with Crippen LogP contribution in [0.4, 0.5) is 0 Å². The zero-order valence-corrected chi connectivity index (χ0v) is 13.1. The van der Waals surface area contributed by atoms with Gasteiger partial charge in [0, 0.05) is 0 Å². The van der Waals surface area contributed by atoms with Gasteiger partial charge in [-0.3, -0.25) is 0 Å². The largest absolute Gasteiger partial charge is 0.465 e. The van der Waals surface area contributed by atoms with Crippen molar-refractivity contribution in [2.75, 3.05) is 7.11 Å². The van der Waals surface area contributed by atoms with E-state index in [0.717, 1.165) is 5.56 Å². The molecular formula is C19H15NO4. The van der Waals surface area contributed by atoms with Gasteiger partial charge in [-0.25, -0.2) is 9.59 Å². The number of rotatable bonds is 5. The molecule has 0 heterocycles. The predicted molar refractivity (Wildman–Crippen MR) is 87.6 cm³/mol. The minimum Gasteiger partial charge on any atom is -0.465 e. The van der Waals surface area contributed by atoms with Gasteiger partial charge in [-0.15, -0.1) is 0 Å². The number of methoxy groups -OCH3 is 1. The summed E-state index contributed by atoms with van der Waals surface area (Å²) >= 11 is 0. The van der Waals surface area contributed by atoms with E-state index >= 15 is 0 Å². The van der Waals surface area contributed by atoms with Crippen LogP contribution in [0.3, 0.4) is 0 Å². The molecule has 120 valence electrons. The van der Waals surface area contributed by atoms with Crippen molar-refractivity contribution in [3.8, 4) is 6.07 Å². The van der Waals surface area contributed by atoms with E-state index < -0.39 is 11.9 Å². The maximum absolute atomic E-state index is 12.0. The molecule has 0 N–H and O–H groups in total. The number of benzene rings is 2. The van der Waals surface area contributed by atoms with Gasteiger partial charge in [0.1, 0.15) is 18.2 Å². The van der Waals surface area contributed by atoms with E-state index in [0.29, 0.717) is 11.1 Å². The molecule has 0 amide bonds. The number of esters is 2. The van der Waals surface area contributed by atoms with Gasteiger partial charge in [0.25, 0.3) is 0 Å². The Bertz CT molecular complexity index is 786. The van der Waals surface area contributed by atoms with Crippen LogP contribution >= 0.6 is 0 Å². The van der Waals surface area contributed by atoms with Gasteiger partial charge >= 0.3 is 11.9 Å². The Kier molecular flexibility index (Phi) is 5.87. The quantitative estimate of drug-likeness (QED) is 0.480. The zero-order valence-electron chi connectivity index (χ0n) is 13.1. The van der Waals surface area contributed by atoms with Crippen LogP contribution in [0.1, 0.15) is 21.5 Å². The third kappa shape index (κ3) is 4.55. The molecule has 0 radical (unpaired) electrons. The van der Waals surface area contributed by atoms with Crippen molar-refractivity contribution in [1.82, 2.24) is 0 Å². The van der Waals surface area contributed by atoms with Gasteiger partial charge in [0.05, 0.1) is 12.7 Å². The number of ether oxygens (including phenoxy) is 2. The second kappa shape index (κ2) is 8.30. The SMILES string of the molecule is COC(=O)c1ccc(C=C(C#N)C(=O)OCc2ccccc2)cc1. The van der Waals surface area contributed by atoms with Gasteiger partial charge in [0.2, 0.25) is 0 Å². The Labute approximate surface area is 139 Å². The van der Waals surface area contributed by atoms with Crippen LogP contribution in [-0.2, 0) is 20.9 Å². The van der Waals surface area contributed by atoms with Crippen molar-refractivity contribution in [3.05, 3.63) is 76.9 Å². The van der Waals surface area contributed by atoms with Crippen molar-refractivity contribution in [1.29, 1.82) is 5.26 Å². The first-order valence-corrected chi connectivity index (χ1v) is 7.15. The molecular weight excluding hydrogens is 306 g/mol. The van der Waals surface area contributed by atoms with Gasteiger partial charge in [-0.2, -0.15) is 5.26 Å². The number of carbonyl (C=O) groups excluding carboxylic acids is 2. The van der Waals surface area contributed by atoms with Crippen LogP contribution in [0.5, 0.6) is 0 Å². The van der Waals surface area contributed by atoms with E-state index in [2.05, 4.69) is 4.74 Å². The Balaban J connectivity index is 2.06. The molecule has 0 aliphatic rings. The molecule has 5 heteroatoms. The summed E-state index contributed by atoms with van der Waals surface area (Å²) < 4.78 is 9.74. The number of nitriles is 1. The van der Waals surface area contributed by atoms with Crippen LogP contribution in [-0.4, -0.2) is 19.0 Å². The van der Waals surface area contributed by atoms with Crippen molar-refractivity contribution < 1.29 is 19.1 Å². The molecule has 5 nitrogen and oxygen atoms in total. The fourth-order valence-corrected chi connectivity index (χ4v) is 1.94. The van der Waals surface area contributed by atoms with Gasteiger partial charge < -0.3 is 9.47 Å². The highest BCUT2D eigenvalue weighted by Crippen LogP contribution is 2.12. The normalized spacial score (nSPS) is 10.6. The lowest BCUT2D eigenvalue weighted by atomic mass is 10.1. The first-order valence-electron chi connectivity index (χ1n) is 7.15. The van der Waals surface area contributed by atoms with E-state index in [9.17, 15) is 9.59 Å². The lowest BCUT2D eigenvalue weighted by Crippen LogP contribution is -2.06. The van der Waals surface area contributed by atoms with Crippen LogP contribution < -0.4 is 0 Å². The molecule has 0 atom stereocenters. The van der Waals surface area contributed by atoms with Crippen molar-refractivity contribution in [2.24, 2.45) is 0 Å². The van der Waals surface area contributed by atoms with E-state index in [1.54, 1.807) is 24.3 Å². The summed E-state index contributed by atoms with van der Waals surface area (Å²) in [6.45, 7) is 0.0972. The average Bonchev–Trinajstić information content (AvgIpc) is 2.64. The average molecular weight is 321 g/mol. The van der Waals surface area contributed by atoms with Crippen LogP contribution in [0.15, 0.2) is 60.2 Å². The lowest BCUT2D eigenvalue weighted by molar-refractivity contribution is -0.139. The highest BCUT2D eigenvalue weighted by Gasteiger charge is 2.11. The van der Waals surface area contributed by atoms with E-state index in [-0.39, 0.29) is 12.2 Å². The molecule has 2 aromatic carbocycles. The molecule has 0 aliphatic carbocycles. The molecule has 0 bridgehead atoms. The van der Waals surface area contributed by atoms with Gasteiger partial charge in [-0.05, 0) is 29.3 Å². The van der Waals surface area contributed by atoms with Gasteiger partial charge in [-0.1, -0.05) is 42.5 Å². The molecule has 2 rings (SSSR count). The molecule has 24 heavy (non-hydrogen) atoms. The van der Waals surface area contributed by atoms with Crippen molar-refractivity contribution in [2.45, 2.75) is 6.61 Å². The summed E-state index contributed by atoms with van der Waals surface area (Å²) in [7, 11) is 1.30. The minimum absolute atomic E-state index is 0.0972. The third-order valence-corrected chi connectivity index (χ3v) is 3.20. The lowest BCUT2D eigenvalue weighted by Gasteiger charge is -2.04. The van der Waals surface area contributed by atoms with Crippen LogP contribution in [0.2, 0.25) is 0 Å². The Morgan fingerprint density at radius 2 is 1.75 bits per heavy atom. The highest BCUT2D eigenvalue weighted by molar-refractivity contribution is 5.98. The summed E-state index contributed by atoms with van der Waals surface area (Å²) in [6, 6.07) is 17.4. The second-order valence-corrected chi connectivity index (χ2v) is 4.85. The summed E-state index contributed by atoms with van der Waals surface area (Å²) in [4.78, 5) is 23.4. The summed E-state index contributed by atoms with van der Waals surface area (Å²) in [6.07, 6.45) is 1.41. The standard InChI is InChI=1S/C19H15NO4/c1-23-18(21)16-9-7-14(8-10-16)11-17(12-20)19(22)24-13-15-5-3-2-4-6-15/h2-11H,13H2,1H3. The zero-order chi connectivity index (χ0) is 17.4. The van der Waals surface area contributed by atoms with Crippen LogP contribution in [0.25, 0.3) is 6.08 Å². The number of hydrogen-bond acceptors (Lipinski definition) is 5. The minimum atomic E-state index is -0.696. The molecule has 0 saturated carbocycles. The van der Waals surface area contributed by atoms with E-state index in [1.165, 1.54) is 13.2 Å². The predicted octanol–water partition coefficient (Wildman–Crippen LogP) is 3.12. The maximum Gasteiger partial charge on any atom is 0.349 e. The van der Waals surface area contributed by atoms with Crippen molar-refractivity contribution >= 4 is 18.0 Å². The second-order valence-electron chi connectivity index (χ2n) is 4.85. The molecule has 0 aliphatic heterocycles. The first kappa shape index (κ1) is 17.0. The summed E-state index contributed by atoms with van der Waals surface area (Å²) in [5.41, 5.74) is 1.72. The van der Waals surface area contributed by atoms with E-state index in [4.69, 9.17) is 10.00 Å². The first-order chi connectivity index (χ1) is 11.6.